The van der Waals surface area contributed by atoms with Crippen LogP contribution in [0.1, 0.15) is 0 Å². The van der Waals surface area contributed by atoms with Gasteiger partial charge in [0.15, 0.2) is 0 Å². The molecule has 2 nitrogen and oxygen atoms in total. The average Bonchev–Trinajstić information content (AvgIpc) is 3.13. The number of nitrogens with zero attached hydrogens (tertiary/aromatic N) is 2. The number of hydrogen-bond donors (Lipinski definition) is 0. The monoisotopic (exact) mass is 677 g/mol. The van der Waals surface area contributed by atoms with E-state index in [1.165, 1.54) is 26.9 Å². The molecule has 2 aromatic heterocycles. The van der Waals surface area contributed by atoms with Crippen LogP contribution < -0.4 is 8.79 Å². The van der Waals surface area contributed by atoms with Crippen LogP contribution in [0.25, 0.3) is 43.7 Å². The first-order chi connectivity index (χ1) is 16.2. The van der Waals surface area contributed by atoms with Crippen LogP contribution in [0.2, 0.25) is 11.5 Å². The van der Waals surface area contributed by atoms with Crippen LogP contribution in [0.4, 0.5) is 0 Å². The molecule has 4 heteroatoms. The van der Waals surface area contributed by atoms with E-state index in [-0.39, 0.29) is 20.1 Å². The molecule has 4 aromatic carbocycles. The predicted octanol–water partition coefficient (Wildman–Crippen LogP) is 6.02. The SMILES string of the molecule is [CH3][Ge]1([CH3])[c]2cc[c-]c3c4ncccc4c4ccc[c]1c4c23.[Ir].[c-]1ccccc1-c1ccccn1. The number of rotatable bonds is 1. The summed E-state index contributed by atoms with van der Waals surface area (Å²) in [6.07, 6.45) is 3.68. The maximum atomic E-state index is 4.66. The summed E-state index contributed by atoms with van der Waals surface area (Å²) in [6.45, 7) is 0. The minimum Gasteiger partial charge on any atom is -0.305 e. The van der Waals surface area contributed by atoms with E-state index in [0.717, 1.165) is 16.8 Å². The first-order valence-electron chi connectivity index (χ1n) is 11.2. The Bertz CT molecular complexity index is 1510. The number of aromatic nitrogens is 2. The van der Waals surface area contributed by atoms with E-state index < -0.39 is 13.3 Å². The van der Waals surface area contributed by atoms with Crippen LogP contribution in [0.15, 0.2) is 97.3 Å². The molecule has 0 saturated carbocycles. The summed E-state index contributed by atoms with van der Waals surface area (Å²) in [5.74, 6) is 5.00. The van der Waals surface area contributed by atoms with Crippen LogP contribution in [0, 0.1) is 12.1 Å². The minimum absolute atomic E-state index is 0. The second-order valence-corrected chi connectivity index (χ2v) is 18.0. The molecule has 6 aromatic rings. The van der Waals surface area contributed by atoms with Gasteiger partial charge in [0.2, 0.25) is 0 Å². The third kappa shape index (κ3) is 3.60. The number of benzene rings is 4. The molecule has 0 saturated heterocycles. The summed E-state index contributed by atoms with van der Waals surface area (Å²) in [5, 5.41) is 6.74. The van der Waals surface area contributed by atoms with Crippen molar-refractivity contribution in [2.75, 3.05) is 0 Å². The van der Waals surface area contributed by atoms with Crippen LogP contribution in [0.3, 0.4) is 0 Å². The Labute approximate surface area is 215 Å². The molecule has 0 bridgehead atoms. The van der Waals surface area contributed by atoms with E-state index in [9.17, 15) is 0 Å². The molecule has 0 atom stereocenters. The van der Waals surface area contributed by atoms with Gasteiger partial charge in [-0.3, -0.25) is 0 Å². The van der Waals surface area contributed by atoms with E-state index in [4.69, 9.17) is 0 Å². The van der Waals surface area contributed by atoms with Crippen molar-refractivity contribution < 1.29 is 20.1 Å². The number of fused-ring (bicyclic) bond motifs is 3. The van der Waals surface area contributed by atoms with Gasteiger partial charge < -0.3 is 4.98 Å². The fourth-order valence-electron chi connectivity index (χ4n) is 5.07. The molecule has 1 aliphatic heterocycles. The largest absolute Gasteiger partial charge is 0.305 e. The smallest absolute Gasteiger partial charge is 0.0160 e. The van der Waals surface area contributed by atoms with Crippen molar-refractivity contribution in [1.29, 1.82) is 0 Å². The molecule has 0 unspecified atom stereocenters. The second-order valence-electron chi connectivity index (χ2n) is 8.89. The van der Waals surface area contributed by atoms with Gasteiger partial charge in [-0.25, -0.2) is 0 Å². The molecule has 1 radical (unpaired) electrons. The Balaban J connectivity index is 0.000000159. The molecule has 3 heterocycles. The summed E-state index contributed by atoms with van der Waals surface area (Å²) >= 11 is -2.16. The molecule has 0 N–H and O–H groups in total. The summed E-state index contributed by atoms with van der Waals surface area (Å²) in [7, 11) is 0. The van der Waals surface area contributed by atoms with Gasteiger partial charge in [0.05, 0.1) is 0 Å². The second kappa shape index (κ2) is 9.07. The fraction of sp³-hybridized carbons (Fsp3) is 0.0667. The van der Waals surface area contributed by atoms with E-state index in [1.54, 1.807) is 15.0 Å². The molecule has 0 amide bonds. The van der Waals surface area contributed by atoms with E-state index in [1.807, 2.05) is 54.7 Å². The zero-order chi connectivity index (χ0) is 22.4. The Morgan fingerprint density at radius 2 is 1.44 bits per heavy atom. The van der Waals surface area contributed by atoms with Crippen molar-refractivity contribution in [3.63, 3.8) is 0 Å². The zero-order valence-corrected chi connectivity index (χ0v) is 23.5. The minimum atomic E-state index is -2.16. The Morgan fingerprint density at radius 1 is 0.647 bits per heavy atom. The Kier molecular flexibility index (Phi) is 6.11. The molecular formula is C30H22GeIrN2-2. The van der Waals surface area contributed by atoms with Gasteiger partial charge in [-0.15, -0.1) is 35.9 Å². The third-order valence-electron chi connectivity index (χ3n) is 6.64. The van der Waals surface area contributed by atoms with Crippen molar-refractivity contribution in [3.05, 3.63) is 109 Å². The maximum Gasteiger partial charge on any atom is 0.0160 e. The molecule has 0 spiro atoms. The predicted molar refractivity (Wildman–Crippen MR) is 141 cm³/mol. The van der Waals surface area contributed by atoms with Crippen molar-refractivity contribution in [2.24, 2.45) is 0 Å². The number of pyridine rings is 2. The molecule has 0 aliphatic carbocycles. The zero-order valence-electron chi connectivity index (χ0n) is 19.0. The van der Waals surface area contributed by atoms with Gasteiger partial charge in [-0.05, 0) is 11.8 Å². The van der Waals surface area contributed by atoms with Crippen molar-refractivity contribution in [1.82, 2.24) is 9.97 Å². The maximum absolute atomic E-state index is 4.66. The van der Waals surface area contributed by atoms with Gasteiger partial charge in [0, 0.05) is 26.3 Å². The van der Waals surface area contributed by atoms with Gasteiger partial charge in [0.25, 0.3) is 0 Å². The molecule has 34 heavy (non-hydrogen) atoms. The Morgan fingerprint density at radius 3 is 2.24 bits per heavy atom. The molecule has 0 fully saturated rings. The topological polar surface area (TPSA) is 25.8 Å². The molecule has 1 aliphatic rings. The van der Waals surface area contributed by atoms with Gasteiger partial charge in [-0.2, -0.15) is 0 Å². The molecule has 7 rings (SSSR count). The van der Waals surface area contributed by atoms with E-state index in [0.29, 0.717) is 0 Å². The summed E-state index contributed by atoms with van der Waals surface area (Å²) < 4.78 is 3.19. The third-order valence-corrected chi connectivity index (χ3v) is 14.0. The van der Waals surface area contributed by atoms with Crippen molar-refractivity contribution in [3.8, 4) is 11.3 Å². The quantitative estimate of drug-likeness (QED) is 0.121. The normalized spacial score (nSPS) is 13.0. The molecule has 167 valence electrons. The summed E-state index contributed by atoms with van der Waals surface area (Å²) in [5.41, 5.74) is 3.11. The first-order valence-corrected chi connectivity index (χ1v) is 17.5. The van der Waals surface area contributed by atoms with Gasteiger partial charge in [0.1, 0.15) is 0 Å². The van der Waals surface area contributed by atoms with Crippen LogP contribution in [-0.2, 0) is 20.1 Å². The van der Waals surface area contributed by atoms with Gasteiger partial charge in [-0.1, -0.05) is 12.1 Å². The van der Waals surface area contributed by atoms with E-state index in [2.05, 4.69) is 70.0 Å². The Hall–Kier alpha value is -2.85. The van der Waals surface area contributed by atoms with Crippen molar-refractivity contribution in [2.45, 2.75) is 11.5 Å². The van der Waals surface area contributed by atoms with Gasteiger partial charge >= 0.3 is 126 Å². The van der Waals surface area contributed by atoms with Crippen LogP contribution >= 0.6 is 0 Å². The summed E-state index contributed by atoms with van der Waals surface area (Å²) in [4.78, 5) is 8.88. The van der Waals surface area contributed by atoms with Crippen molar-refractivity contribution >= 4 is 54.5 Å². The van der Waals surface area contributed by atoms with Crippen LogP contribution in [-0.4, -0.2) is 23.2 Å². The molecular weight excluding hydrogens is 653 g/mol. The summed E-state index contributed by atoms with van der Waals surface area (Å²) in [6, 6.07) is 35.7. The van der Waals surface area contributed by atoms with Crippen LogP contribution in [0.5, 0.6) is 0 Å². The first kappa shape index (κ1) is 22.9. The standard InChI is InChI=1S/C19H14GeN.C11H8N.Ir/c1-20(2)15-9-3-6-12-13-8-5-11-21-19(13)14-7-4-10-16(20)18(14)17(12)15;1-2-6-10(7-3-1)11-8-4-5-9-12-11;/h3-6,8-11H,1-2H3;1-6,8-9H;/q2*-1;. The fourth-order valence-corrected chi connectivity index (χ4v) is 11.5. The average molecular weight is 675 g/mol. The number of hydrogen-bond acceptors (Lipinski definition) is 2. The van der Waals surface area contributed by atoms with E-state index >= 15 is 0 Å².